The Kier molecular flexibility index (Phi) is 4.84. The number of hydrogen-bond donors (Lipinski definition) is 0. The van der Waals surface area contributed by atoms with Crippen molar-refractivity contribution in [2.75, 3.05) is 20.1 Å². The third-order valence-electron chi connectivity index (χ3n) is 4.22. The van der Waals surface area contributed by atoms with Gasteiger partial charge in [-0.1, -0.05) is 0 Å². The van der Waals surface area contributed by atoms with E-state index >= 15 is 0 Å². The molecule has 7 nitrogen and oxygen atoms in total. The fraction of sp³-hybridized carbons (Fsp3) is 0.500. The number of carbonyl (C=O) groups excluding carboxylic acids is 1. The van der Waals surface area contributed by atoms with E-state index in [2.05, 4.69) is 15.1 Å². The van der Waals surface area contributed by atoms with Crippen LogP contribution in [0.15, 0.2) is 30.9 Å². The molecule has 0 radical (unpaired) electrons. The molecule has 1 amide bonds. The van der Waals surface area contributed by atoms with Crippen LogP contribution in [0.3, 0.4) is 0 Å². The molecule has 1 aliphatic heterocycles. The first-order chi connectivity index (χ1) is 11.5. The molecule has 24 heavy (non-hydrogen) atoms. The van der Waals surface area contributed by atoms with Gasteiger partial charge in [-0.05, 0) is 12.5 Å². The summed E-state index contributed by atoms with van der Waals surface area (Å²) in [5, 5.41) is 4.02. The average Bonchev–Trinajstić information content (AvgIpc) is 3.13. The van der Waals surface area contributed by atoms with Gasteiger partial charge in [0.05, 0.1) is 18.3 Å². The Morgan fingerprint density at radius 3 is 2.83 bits per heavy atom. The summed E-state index contributed by atoms with van der Waals surface area (Å²) in [5.41, 5.74) is 0.535. The van der Waals surface area contributed by atoms with Crippen LogP contribution >= 0.6 is 0 Å². The lowest BCUT2D eigenvalue weighted by molar-refractivity contribution is 0.0748. The number of likely N-dealkylation sites (N-methyl/N-ethyl adjacent to an activating group) is 1. The van der Waals surface area contributed by atoms with Crippen LogP contribution in [0.2, 0.25) is 0 Å². The summed E-state index contributed by atoms with van der Waals surface area (Å²) in [6.07, 6.45) is 6.11. The molecule has 0 aliphatic carbocycles. The zero-order chi connectivity index (χ0) is 17.1. The smallest absolute Gasteiger partial charge is 0.256 e. The van der Waals surface area contributed by atoms with Gasteiger partial charge in [0, 0.05) is 51.8 Å². The number of nitrogens with zero attached hydrogens (tertiary/aromatic N) is 6. The Morgan fingerprint density at radius 1 is 1.42 bits per heavy atom. The minimum Gasteiger partial charge on any atom is -0.340 e. The molecular formula is C16H21FN6O. The predicted octanol–water partition coefficient (Wildman–Crippen LogP) is 0.895. The number of carbonyl (C=O) groups is 1. The van der Waals surface area contributed by atoms with E-state index in [4.69, 9.17) is 0 Å². The highest BCUT2D eigenvalue weighted by Crippen LogP contribution is 2.23. The number of aryl methyl sites for hydroxylation is 1. The normalized spacial score (nSPS) is 21.1. The molecule has 0 saturated carbocycles. The van der Waals surface area contributed by atoms with Crippen molar-refractivity contribution >= 4 is 5.91 Å². The van der Waals surface area contributed by atoms with Crippen molar-refractivity contribution in [3.05, 3.63) is 42.2 Å². The third-order valence-corrected chi connectivity index (χ3v) is 4.22. The monoisotopic (exact) mass is 332 g/mol. The molecule has 1 saturated heterocycles. The van der Waals surface area contributed by atoms with Gasteiger partial charge in [0.1, 0.15) is 12.0 Å². The van der Waals surface area contributed by atoms with Gasteiger partial charge in [0.25, 0.3) is 5.91 Å². The lowest BCUT2D eigenvalue weighted by Gasteiger charge is -2.27. The zero-order valence-electron chi connectivity index (χ0n) is 13.8. The van der Waals surface area contributed by atoms with E-state index in [1.165, 1.54) is 0 Å². The second-order valence-corrected chi connectivity index (χ2v) is 6.17. The topological polar surface area (TPSA) is 67.2 Å². The van der Waals surface area contributed by atoms with Gasteiger partial charge >= 0.3 is 0 Å². The highest BCUT2D eigenvalue weighted by molar-refractivity contribution is 5.93. The molecule has 2 aromatic rings. The van der Waals surface area contributed by atoms with Crippen molar-refractivity contribution in [1.29, 1.82) is 0 Å². The van der Waals surface area contributed by atoms with E-state index in [1.54, 1.807) is 54.5 Å². The van der Waals surface area contributed by atoms with Crippen LogP contribution in [0, 0.1) is 0 Å². The predicted molar refractivity (Wildman–Crippen MR) is 85.9 cm³/mol. The van der Waals surface area contributed by atoms with Crippen LogP contribution in [-0.4, -0.2) is 67.8 Å². The molecule has 1 aliphatic rings. The highest BCUT2D eigenvalue weighted by Gasteiger charge is 2.34. The first-order valence-corrected chi connectivity index (χ1v) is 7.91. The SMILES string of the molecule is CN(C[C@@H]1C[C@H](F)CN1Cc1ncccn1)C(=O)c1cnn(C)c1. The van der Waals surface area contributed by atoms with Gasteiger partial charge in [-0.2, -0.15) is 5.10 Å². The number of aromatic nitrogens is 4. The molecular weight excluding hydrogens is 311 g/mol. The summed E-state index contributed by atoms with van der Waals surface area (Å²) < 4.78 is 15.5. The molecule has 1 fully saturated rings. The van der Waals surface area contributed by atoms with Crippen LogP contribution < -0.4 is 0 Å². The molecule has 8 heteroatoms. The number of likely N-dealkylation sites (tertiary alicyclic amines) is 1. The molecule has 0 unspecified atom stereocenters. The summed E-state index contributed by atoms with van der Waals surface area (Å²) in [6.45, 7) is 1.29. The zero-order valence-corrected chi connectivity index (χ0v) is 13.8. The second-order valence-electron chi connectivity index (χ2n) is 6.17. The fourth-order valence-electron chi connectivity index (χ4n) is 3.05. The molecule has 0 spiro atoms. The summed E-state index contributed by atoms with van der Waals surface area (Å²) in [7, 11) is 3.50. The van der Waals surface area contributed by atoms with Crippen LogP contribution in [0.25, 0.3) is 0 Å². The van der Waals surface area contributed by atoms with E-state index < -0.39 is 6.17 Å². The average molecular weight is 332 g/mol. The highest BCUT2D eigenvalue weighted by atomic mass is 19.1. The van der Waals surface area contributed by atoms with Gasteiger partial charge in [0.15, 0.2) is 0 Å². The van der Waals surface area contributed by atoms with E-state index in [1.807, 2.05) is 4.90 Å². The van der Waals surface area contributed by atoms with Crippen molar-refractivity contribution in [2.45, 2.75) is 25.2 Å². The maximum Gasteiger partial charge on any atom is 0.256 e. The number of hydrogen-bond acceptors (Lipinski definition) is 5. The van der Waals surface area contributed by atoms with Crippen molar-refractivity contribution in [1.82, 2.24) is 29.5 Å². The van der Waals surface area contributed by atoms with Crippen LogP contribution in [-0.2, 0) is 13.6 Å². The molecule has 0 N–H and O–H groups in total. The van der Waals surface area contributed by atoms with E-state index in [0.717, 1.165) is 0 Å². The van der Waals surface area contributed by atoms with Crippen molar-refractivity contribution < 1.29 is 9.18 Å². The van der Waals surface area contributed by atoms with Gasteiger partial charge in [-0.3, -0.25) is 14.4 Å². The standard InChI is InChI=1S/C16H21FN6O/c1-21(16(24)12-7-20-22(2)8-12)10-14-6-13(17)9-23(14)11-15-18-4-3-5-19-15/h3-5,7-8,13-14H,6,9-11H2,1-2H3/t13-,14-/m0/s1. The molecule has 0 bridgehead atoms. The molecule has 3 rings (SSSR count). The van der Waals surface area contributed by atoms with Gasteiger partial charge in [-0.15, -0.1) is 0 Å². The second kappa shape index (κ2) is 7.04. The van der Waals surface area contributed by atoms with E-state index in [0.29, 0.717) is 37.4 Å². The summed E-state index contributed by atoms with van der Waals surface area (Å²) in [5.74, 6) is 0.555. The molecule has 3 heterocycles. The Labute approximate surface area is 140 Å². The first kappa shape index (κ1) is 16.5. The summed E-state index contributed by atoms with van der Waals surface area (Å²) >= 11 is 0. The van der Waals surface area contributed by atoms with Crippen LogP contribution in [0.1, 0.15) is 22.6 Å². The number of amides is 1. The quantitative estimate of drug-likeness (QED) is 0.814. The largest absolute Gasteiger partial charge is 0.340 e. The van der Waals surface area contributed by atoms with Gasteiger partial charge < -0.3 is 4.90 Å². The summed E-state index contributed by atoms with van der Waals surface area (Å²) in [4.78, 5) is 24.5. The maximum absolute atomic E-state index is 13.9. The van der Waals surface area contributed by atoms with E-state index in [-0.39, 0.29) is 11.9 Å². The maximum atomic E-state index is 13.9. The van der Waals surface area contributed by atoms with E-state index in [9.17, 15) is 9.18 Å². The lowest BCUT2D eigenvalue weighted by atomic mass is 10.2. The number of rotatable bonds is 5. The molecule has 2 aromatic heterocycles. The first-order valence-electron chi connectivity index (χ1n) is 7.91. The van der Waals surface area contributed by atoms with Crippen molar-refractivity contribution in [3.63, 3.8) is 0 Å². The number of alkyl halides is 1. The Bertz CT molecular complexity index is 691. The minimum atomic E-state index is -0.888. The molecule has 128 valence electrons. The fourth-order valence-corrected chi connectivity index (χ4v) is 3.05. The van der Waals surface area contributed by atoms with Crippen molar-refractivity contribution in [2.24, 2.45) is 7.05 Å². The van der Waals surface area contributed by atoms with Crippen LogP contribution in [0.5, 0.6) is 0 Å². The molecule has 2 atom stereocenters. The molecule has 0 aromatic carbocycles. The summed E-state index contributed by atoms with van der Waals surface area (Å²) in [6, 6.07) is 1.71. The number of halogens is 1. The van der Waals surface area contributed by atoms with Gasteiger partial charge in [-0.25, -0.2) is 14.4 Å². The minimum absolute atomic E-state index is 0.0468. The van der Waals surface area contributed by atoms with Gasteiger partial charge in [0.2, 0.25) is 0 Å². The Hall–Kier alpha value is -2.35. The lowest BCUT2D eigenvalue weighted by Crippen LogP contribution is -2.41. The Balaban J connectivity index is 1.64. The third kappa shape index (κ3) is 3.76. The Morgan fingerprint density at radius 2 is 2.17 bits per heavy atom. The van der Waals surface area contributed by atoms with Crippen molar-refractivity contribution in [3.8, 4) is 0 Å². The van der Waals surface area contributed by atoms with Crippen LogP contribution in [0.4, 0.5) is 4.39 Å².